The number of halogens is 4. The minimum atomic E-state index is -1.18. The van der Waals surface area contributed by atoms with Crippen LogP contribution >= 0.6 is 0 Å². The van der Waals surface area contributed by atoms with Gasteiger partial charge in [0.2, 0.25) is 0 Å². The molecule has 8 nitrogen and oxygen atoms in total. The van der Waals surface area contributed by atoms with Crippen molar-refractivity contribution in [1.82, 2.24) is 25.2 Å². The first-order valence-corrected chi connectivity index (χ1v) is 14.9. The van der Waals surface area contributed by atoms with Crippen LogP contribution in [0.5, 0.6) is 11.8 Å². The highest BCUT2D eigenvalue weighted by Crippen LogP contribution is 2.42. The van der Waals surface area contributed by atoms with Gasteiger partial charge in [0.15, 0.2) is 17.5 Å². The van der Waals surface area contributed by atoms with Crippen molar-refractivity contribution in [3.05, 3.63) is 60.1 Å². The van der Waals surface area contributed by atoms with Crippen molar-refractivity contribution in [2.45, 2.75) is 49.5 Å². The van der Waals surface area contributed by atoms with Crippen molar-refractivity contribution in [3.8, 4) is 23.0 Å². The summed E-state index contributed by atoms with van der Waals surface area (Å²) in [4.78, 5) is 17.7. The lowest BCUT2D eigenvalue weighted by Crippen LogP contribution is -2.51. The number of alkyl halides is 1. The van der Waals surface area contributed by atoms with E-state index in [0.717, 1.165) is 43.5 Å². The zero-order valence-electron chi connectivity index (χ0n) is 23.8. The van der Waals surface area contributed by atoms with E-state index >= 15 is 8.78 Å². The molecule has 0 aliphatic carbocycles. The summed E-state index contributed by atoms with van der Waals surface area (Å²) in [6.07, 6.45) is 3.37. The van der Waals surface area contributed by atoms with E-state index in [4.69, 9.17) is 9.72 Å². The Bertz CT molecular complexity index is 1860. The van der Waals surface area contributed by atoms with Crippen LogP contribution in [0.1, 0.15) is 25.7 Å². The zero-order valence-corrected chi connectivity index (χ0v) is 23.8. The third-order valence-electron chi connectivity index (χ3n) is 9.70. The number of piperazine rings is 1. The molecule has 4 atom stereocenters. The van der Waals surface area contributed by atoms with Gasteiger partial charge >= 0.3 is 6.01 Å². The molecule has 0 spiro atoms. The van der Waals surface area contributed by atoms with E-state index in [9.17, 15) is 13.9 Å². The number of pyridine rings is 1. The van der Waals surface area contributed by atoms with Crippen molar-refractivity contribution in [2.75, 3.05) is 37.7 Å². The first-order chi connectivity index (χ1) is 21.2. The maximum atomic E-state index is 16.6. The summed E-state index contributed by atoms with van der Waals surface area (Å²) in [5.74, 6) is -3.00. The molecule has 2 aromatic carbocycles. The molecule has 4 fully saturated rings. The first kappa shape index (κ1) is 27.5. The van der Waals surface area contributed by atoms with E-state index in [1.807, 2.05) is 4.90 Å². The zero-order chi connectivity index (χ0) is 30.3. The van der Waals surface area contributed by atoms with Gasteiger partial charge in [-0.2, -0.15) is 9.97 Å². The third kappa shape index (κ3) is 4.29. The second kappa shape index (κ2) is 10.00. The van der Waals surface area contributed by atoms with E-state index in [2.05, 4.69) is 26.8 Å². The molecule has 6 heterocycles. The molecule has 44 heavy (non-hydrogen) atoms. The van der Waals surface area contributed by atoms with Crippen molar-refractivity contribution < 1.29 is 27.4 Å². The van der Waals surface area contributed by atoms with Crippen LogP contribution in [-0.2, 0) is 0 Å². The number of hydrogen-bond donors (Lipinski definition) is 2. The Morgan fingerprint density at radius 1 is 1.11 bits per heavy atom. The fourth-order valence-electron chi connectivity index (χ4n) is 7.68. The standard InChI is InChI=1S/C32H30F4N6O2/c1-16-7-19-13-41(14-24(16)38-19)30-22-11-37-28(21-9-20(43)8-17-3-4-23(34)26(35)25(17)21)27(36)29(22)39-31(40-30)44-15-32-5-2-6-42(32)12-18(33)10-32/h3-4,8-9,11,18-19,24,38,43H,1-2,5-7,10,12-15H2. The van der Waals surface area contributed by atoms with Crippen LogP contribution in [0.25, 0.3) is 32.9 Å². The molecule has 228 valence electrons. The molecule has 2 bridgehead atoms. The number of phenolic OH excluding ortho intramolecular Hbond substituents is 1. The summed E-state index contributed by atoms with van der Waals surface area (Å²) in [6, 6.07) is 4.82. The van der Waals surface area contributed by atoms with Gasteiger partial charge in [0.1, 0.15) is 35.6 Å². The van der Waals surface area contributed by atoms with Crippen LogP contribution in [0.4, 0.5) is 23.4 Å². The summed E-state index contributed by atoms with van der Waals surface area (Å²) in [5.41, 5.74) is 0.100. The van der Waals surface area contributed by atoms with Gasteiger partial charge < -0.3 is 20.1 Å². The molecule has 4 aliphatic rings. The number of ether oxygens (including phenoxy) is 1. The predicted octanol–water partition coefficient (Wildman–Crippen LogP) is 5.03. The van der Waals surface area contributed by atoms with E-state index in [1.165, 1.54) is 18.3 Å². The average molecular weight is 607 g/mol. The largest absolute Gasteiger partial charge is 0.508 e. The monoisotopic (exact) mass is 606 g/mol. The van der Waals surface area contributed by atoms with Crippen molar-refractivity contribution in [1.29, 1.82) is 0 Å². The number of nitrogens with one attached hydrogen (secondary N) is 1. The Morgan fingerprint density at radius 3 is 2.82 bits per heavy atom. The van der Waals surface area contributed by atoms with Gasteiger partial charge in [0.25, 0.3) is 0 Å². The number of anilines is 1. The lowest BCUT2D eigenvalue weighted by atomic mass is 9.95. The fourth-order valence-corrected chi connectivity index (χ4v) is 7.68. The lowest BCUT2D eigenvalue weighted by molar-refractivity contribution is 0.107. The predicted molar refractivity (Wildman–Crippen MR) is 157 cm³/mol. The number of aromatic nitrogens is 3. The molecular weight excluding hydrogens is 576 g/mol. The quantitative estimate of drug-likeness (QED) is 0.242. The number of benzene rings is 2. The van der Waals surface area contributed by atoms with Gasteiger partial charge in [0.05, 0.1) is 10.9 Å². The van der Waals surface area contributed by atoms with Crippen molar-refractivity contribution in [2.24, 2.45) is 0 Å². The second-order valence-corrected chi connectivity index (χ2v) is 12.5. The van der Waals surface area contributed by atoms with Crippen LogP contribution < -0.4 is 15.0 Å². The van der Waals surface area contributed by atoms with E-state index < -0.39 is 29.2 Å². The molecule has 4 unspecified atom stereocenters. The Balaban J connectivity index is 1.27. The summed E-state index contributed by atoms with van der Waals surface area (Å²) >= 11 is 0. The smallest absolute Gasteiger partial charge is 0.319 e. The molecule has 4 aliphatic heterocycles. The summed E-state index contributed by atoms with van der Waals surface area (Å²) in [7, 11) is 0. The van der Waals surface area contributed by atoms with Gasteiger partial charge in [-0.1, -0.05) is 18.2 Å². The highest BCUT2D eigenvalue weighted by molar-refractivity contribution is 6.00. The number of fused-ring (bicyclic) bond motifs is 5. The highest BCUT2D eigenvalue weighted by atomic mass is 19.2. The number of rotatable bonds is 5. The molecule has 2 aromatic heterocycles. The van der Waals surface area contributed by atoms with Crippen LogP contribution in [0.15, 0.2) is 42.6 Å². The lowest BCUT2D eigenvalue weighted by Gasteiger charge is -2.34. The molecule has 0 amide bonds. The maximum absolute atomic E-state index is 16.6. The summed E-state index contributed by atoms with van der Waals surface area (Å²) < 4.78 is 66.6. The molecule has 12 heteroatoms. The highest BCUT2D eigenvalue weighted by Gasteiger charge is 2.49. The number of hydrogen-bond acceptors (Lipinski definition) is 8. The Kier molecular flexibility index (Phi) is 6.25. The number of aromatic hydroxyl groups is 1. The molecule has 8 rings (SSSR count). The maximum Gasteiger partial charge on any atom is 0.319 e. The van der Waals surface area contributed by atoms with E-state index in [1.54, 1.807) is 0 Å². The molecule has 4 saturated heterocycles. The Hall–Kier alpha value is -4.03. The van der Waals surface area contributed by atoms with Crippen molar-refractivity contribution in [3.63, 3.8) is 0 Å². The number of phenols is 1. The minimum Gasteiger partial charge on any atom is -0.508 e. The van der Waals surface area contributed by atoms with Gasteiger partial charge in [-0.15, -0.1) is 0 Å². The Morgan fingerprint density at radius 2 is 1.98 bits per heavy atom. The third-order valence-corrected chi connectivity index (χ3v) is 9.70. The minimum absolute atomic E-state index is 0.0441. The van der Waals surface area contributed by atoms with Crippen molar-refractivity contribution >= 4 is 27.5 Å². The number of nitrogens with zero attached hydrogens (tertiary/aromatic N) is 5. The van der Waals surface area contributed by atoms with Crippen LogP contribution in [0, 0.1) is 17.5 Å². The molecule has 0 saturated carbocycles. The SMILES string of the molecule is C=C1CC2CN(c3nc(OCC45CCCN4CC(F)C5)nc4c(F)c(-c5cc(O)cc6ccc(F)c(F)c56)ncc34)CC1N2. The molecule has 4 aromatic rings. The molecule has 0 radical (unpaired) electrons. The Labute approximate surface area is 250 Å². The van der Waals surface area contributed by atoms with Gasteiger partial charge in [-0.25, -0.2) is 17.6 Å². The topological polar surface area (TPSA) is 86.6 Å². The van der Waals surface area contributed by atoms with E-state index in [-0.39, 0.29) is 58.0 Å². The van der Waals surface area contributed by atoms with Crippen LogP contribution in [0.2, 0.25) is 0 Å². The second-order valence-electron chi connectivity index (χ2n) is 12.5. The molecular formula is C32H30F4N6O2. The summed E-state index contributed by atoms with van der Waals surface area (Å²) in [6.45, 7) is 6.63. The average Bonchev–Trinajstić information content (AvgIpc) is 3.61. The van der Waals surface area contributed by atoms with Gasteiger partial charge in [-0.05, 0) is 49.4 Å². The first-order valence-electron chi connectivity index (χ1n) is 14.9. The van der Waals surface area contributed by atoms with Gasteiger partial charge in [0, 0.05) is 55.3 Å². The fraction of sp³-hybridized carbons (Fsp3) is 0.406. The summed E-state index contributed by atoms with van der Waals surface area (Å²) in [5, 5.41) is 14.2. The normalized spacial score (nSPS) is 26.7. The van der Waals surface area contributed by atoms with Gasteiger partial charge in [-0.3, -0.25) is 9.88 Å². The van der Waals surface area contributed by atoms with Crippen LogP contribution in [0.3, 0.4) is 0 Å². The van der Waals surface area contributed by atoms with E-state index in [0.29, 0.717) is 37.3 Å². The molecule has 2 N–H and O–H groups in total. The van der Waals surface area contributed by atoms with Crippen LogP contribution in [-0.4, -0.2) is 81.5 Å².